The fourth-order valence-electron chi connectivity index (χ4n) is 3.68. The normalized spacial score (nSPS) is 26.6. The van der Waals surface area contributed by atoms with Gasteiger partial charge in [0, 0.05) is 44.3 Å². The van der Waals surface area contributed by atoms with Crippen molar-refractivity contribution in [2.24, 2.45) is 11.3 Å². The molecule has 3 heterocycles. The van der Waals surface area contributed by atoms with Crippen LogP contribution in [0.4, 0.5) is 10.2 Å². The van der Waals surface area contributed by atoms with Crippen molar-refractivity contribution in [1.82, 2.24) is 15.2 Å². The molecule has 126 valence electrons. The molecule has 8 heteroatoms. The SMILES string of the molecule is CN(C)CC12CNCC1CN(c1ncc(Cl)cc1F)C2.Cl.Cl. The lowest BCUT2D eigenvalue weighted by Gasteiger charge is -2.31. The van der Waals surface area contributed by atoms with E-state index in [0.29, 0.717) is 16.8 Å². The van der Waals surface area contributed by atoms with Crippen LogP contribution >= 0.6 is 36.4 Å². The second kappa shape index (κ2) is 7.49. The Labute approximate surface area is 148 Å². The summed E-state index contributed by atoms with van der Waals surface area (Å²) in [4.78, 5) is 8.47. The molecule has 1 aromatic heterocycles. The number of nitrogens with one attached hydrogen (secondary N) is 1. The molecule has 0 spiro atoms. The molecule has 4 nitrogen and oxygen atoms in total. The first-order chi connectivity index (χ1) is 9.50. The average molecular weight is 372 g/mol. The Bertz CT molecular complexity index is 517. The van der Waals surface area contributed by atoms with Gasteiger partial charge in [-0.05, 0) is 26.1 Å². The third kappa shape index (κ3) is 3.60. The molecule has 1 aromatic rings. The van der Waals surface area contributed by atoms with Crippen LogP contribution in [0.15, 0.2) is 12.3 Å². The minimum atomic E-state index is -0.328. The molecule has 0 radical (unpaired) electrons. The van der Waals surface area contributed by atoms with Crippen LogP contribution in [0.25, 0.3) is 0 Å². The Kier molecular flexibility index (Phi) is 6.72. The Morgan fingerprint density at radius 1 is 1.50 bits per heavy atom. The van der Waals surface area contributed by atoms with Crippen molar-refractivity contribution in [1.29, 1.82) is 0 Å². The van der Waals surface area contributed by atoms with Crippen LogP contribution in [0, 0.1) is 17.2 Å². The maximum absolute atomic E-state index is 14.1. The topological polar surface area (TPSA) is 31.4 Å². The molecule has 1 N–H and O–H groups in total. The van der Waals surface area contributed by atoms with Crippen molar-refractivity contribution < 1.29 is 4.39 Å². The van der Waals surface area contributed by atoms with E-state index < -0.39 is 0 Å². The van der Waals surface area contributed by atoms with Gasteiger partial charge in [0.1, 0.15) is 0 Å². The van der Waals surface area contributed by atoms with Gasteiger partial charge < -0.3 is 15.1 Å². The molecular formula is C14H22Cl3FN4. The van der Waals surface area contributed by atoms with E-state index in [-0.39, 0.29) is 36.0 Å². The molecule has 2 unspecified atom stereocenters. The highest BCUT2D eigenvalue weighted by molar-refractivity contribution is 6.30. The second-order valence-corrected chi connectivity index (χ2v) is 6.70. The first-order valence-corrected chi connectivity index (χ1v) is 7.29. The zero-order valence-electron chi connectivity index (χ0n) is 12.7. The van der Waals surface area contributed by atoms with E-state index in [1.54, 1.807) is 0 Å². The van der Waals surface area contributed by atoms with E-state index in [9.17, 15) is 4.39 Å². The van der Waals surface area contributed by atoms with Gasteiger partial charge in [-0.25, -0.2) is 9.37 Å². The van der Waals surface area contributed by atoms with E-state index in [1.165, 1.54) is 12.3 Å². The first kappa shape index (κ1) is 19.7. The van der Waals surface area contributed by atoms with Crippen LogP contribution in [-0.4, -0.2) is 56.7 Å². The highest BCUT2D eigenvalue weighted by Gasteiger charge is 2.50. The largest absolute Gasteiger partial charge is 0.353 e. The van der Waals surface area contributed by atoms with Gasteiger partial charge in [0.2, 0.25) is 0 Å². The predicted octanol–water partition coefficient (Wildman–Crippen LogP) is 2.31. The molecule has 0 bridgehead atoms. The lowest BCUT2D eigenvalue weighted by molar-refractivity contribution is 0.205. The average Bonchev–Trinajstić information content (AvgIpc) is 2.83. The lowest BCUT2D eigenvalue weighted by atomic mass is 9.80. The third-order valence-electron chi connectivity index (χ3n) is 4.40. The number of anilines is 1. The van der Waals surface area contributed by atoms with E-state index in [0.717, 1.165) is 32.7 Å². The molecule has 2 fully saturated rings. The summed E-state index contributed by atoms with van der Waals surface area (Å²) >= 11 is 5.78. The minimum absolute atomic E-state index is 0. The Morgan fingerprint density at radius 3 is 2.86 bits per heavy atom. The van der Waals surface area contributed by atoms with Crippen LogP contribution in [-0.2, 0) is 0 Å². The molecule has 2 saturated heterocycles. The van der Waals surface area contributed by atoms with E-state index in [2.05, 4.69) is 34.2 Å². The number of aromatic nitrogens is 1. The summed E-state index contributed by atoms with van der Waals surface area (Å²) in [5, 5.41) is 3.82. The number of pyridine rings is 1. The van der Waals surface area contributed by atoms with Gasteiger partial charge in [-0.1, -0.05) is 11.6 Å². The highest BCUT2D eigenvalue weighted by atomic mass is 35.5. The molecule has 2 aliphatic heterocycles. The fourth-order valence-corrected chi connectivity index (χ4v) is 3.82. The number of rotatable bonds is 3. The Hall–Kier alpha value is -0.330. The van der Waals surface area contributed by atoms with Crippen LogP contribution in [0.5, 0.6) is 0 Å². The van der Waals surface area contributed by atoms with Crippen molar-refractivity contribution in [2.75, 3.05) is 51.7 Å². The maximum atomic E-state index is 14.1. The predicted molar refractivity (Wildman–Crippen MR) is 93.3 cm³/mol. The van der Waals surface area contributed by atoms with E-state index >= 15 is 0 Å². The lowest BCUT2D eigenvalue weighted by Crippen LogP contribution is -2.41. The summed E-state index contributed by atoms with van der Waals surface area (Å²) in [7, 11) is 4.18. The van der Waals surface area contributed by atoms with Crippen molar-refractivity contribution in [3.05, 3.63) is 23.1 Å². The van der Waals surface area contributed by atoms with Crippen LogP contribution in [0.3, 0.4) is 0 Å². The number of fused-ring (bicyclic) bond motifs is 1. The minimum Gasteiger partial charge on any atom is -0.353 e. The summed E-state index contributed by atoms with van der Waals surface area (Å²) in [6, 6.07) is 1.34. The molecule has 2 aliphatic rings. The number of hydrogen-bond acceptors (Lipinski definition) is 4. The molecule has 2 atom stereocenters. The third-order valence-corrected chi connectivity index (χ3v) is 4.61. The zero-order valence-corrected chi connectivity index (χ0v) is 15.1. The fraction of sp³-hybridized carbons (Fsp3) is 0.643. The summed E-state index contributed by atoms with van der Waals surface area (Å²) < 4.78 is 14.1. The highest BCUT2D eigenvalue weighted by Crippen LogP contribution is 2.41. The van der Waals surface area contributed by atoms with Gasteiger partial charge in [0.25, 0.3) is 0 Å². The standard InChI is InChI=1S/C14H20ClFN4.2ClH/c1-19(2)8-14-7-17-4-10(14)6-20(9-14)13-12(16)3-11(15)5-18-13;;/h3,5,10,17H,4,6-9H2,1-2H3;2*1H. The molecule has 0 aliphatic carbocycles. The van der Waals surface area contributed by atoms with Gasteiger partial charge in [-0.3, -0.25) is 0 Å². The van der Waals surface area contributed by atoms with Gasteiger partial charge in [-0.15, -0.1) is 24.8 Å². The molecule has 3 rings (SSSR count). The van der Waals surface area contributed by atoms with Crippen molar-refractivity contribution in [3.8, 4) is 0 Å². The number of hydrogen-bond donors (Lipinski definition) is 1. The van der Waals surface area contributed by atoms with Crippen LogP contribution in [0.2, 0.25) is 5.02 Å². The Morgan fingerprint density at radius 2 is 2.23 bits per heavy atom. The summed E-state index contributed by atoms with van der Waals surface area (Å²) in [6.07, 6.45) is 1.52. The van der Waals surface area contributed by atoms with Gasteiger partial charge in [0.15, 0.2) is 11.6 Å². The first-order valence-electron chi connectivity index (χ1n) is 6.92. The van der Waals surface area contributed by atoms with Gasteiger partial charge in [-0.2, -0.15) is 0 Å². The quantitative estimate of drug-likeness (QED) is 0.883. The summed E-state index contributed by atoms with van der Waals surface area (Å²) in [5.74, 6) is 0.647. The summed E-state index contributed by atoms with van der Waals surface area (Å²) in [6.45, 7) is 4.69. The summed E-state index contributed by atoms with van der Waals surface area (Å²) in [5.41, 5.74) is 0.192. The smallest absolute Gasteiger partial charge is 0.167 e. The van der Waals surface area contributed by atoms with E-state index in [4.69, 9.17) is 11.6 Å². The van der Waals surface area contributed by atoms with Gasteiger partial charge in [0.05, 0.1) is 5.02 Å². The van der Waals surface area contributed by atoms with Crippen molar-refractivity contribution in [2.45, 2.75) is 0 Å². The maximum Gasteiger partial charge on any atom is 0.167 e. The molecule has 0 aromatic carbocycles. The van der Waals surface area contributed by atoms with Gasteiger partial charge >= 0.3 is 0 Å². The molecular weight excluding hydrogens is 350 g/mol. The van der Waals surface area contributed by atoms with Crippen LogP contribution < -0.4 is 10.2 Å². The molecule has 0 amide bonds. The van der Waals surface area contributed by atoms with E-state index in [1.807, 2.05) is 0 Å². The molecule has 0 saturated carbocycles. The van der Waals surface area contributed by atoms with Crippen LogP contribution in [0.1, 0.15) is 0 Å². The second-order valence-electron chi connectivity index (χ2n) is 6.27. The zero-order chi connectivity index (χ0) is 14.3. The molecule has 22 heavy (non-hydrogen) atoms. The van der Waals surface area contributed by atoms with Crippen molar-refractivity contribution >= 4 is 42.2 Å². The number of halogens is 4. The monoisotopic (exact) mass is 370 g/mol. The Balaban J connectivity index is 0.00000121. The van der Waals surface area contributed by atoms with Crippen molar-refractivity contribution in [3.63, 3.8) is 0 Å². The number of nitrogens with zero attached hydrogens (tertiary/aromatic N) is 3.